The Labute approximate surface area is 168 Å². The highest BCUT2D eigenvalue weighted by Gasteiger charge is 2.41. The Morgan fingerprint density at radius 2 is 1.82 bits per heavy atom. The number of fused-ring (bicyclic) bond motifs is 1. The van der Waals surface area contributed by atoms with Crippen LogP contribution in [0.2, 0.25) is 0 Å². The van der Waals surface area contributed by atoms with E-state index in [1.807, 2.05) is 29.2 Å². The maximum Gasteiger partial charge on any atom is 0.255 e. The van der Waals surface area contributed by atoms with Crippen LogP contribution in [-0.2, 0) is 4.79 Å². The minimum Gasteiger partial charge on any atom is -0.351 e. The molecular weight excluding hydrogens is 348 g/mol. The molecule has 0 saturated heterocycles. The first kappa shape index (κ1) is 19.2. The van der Waals surface area contributed by atoms with E-state index in [1.165, 1.54) is 44.1 Å². The van der Waals surface area contributed by atoms with E-state index in [1.54, 1.807) is 0 Å². The lowest BCUT2D eigenvalue weighted by molar-refractivity contribution is -0.126. The van der Waals surface area contributed by atoms with Gasteiger partial charge in [-0.1, -0.05) is 55.5 Å². The van der Waals surface area contributed by atoms with Gasteiger partial charge in [-0.05, 0) is 56.6 Å². The van der Waals surface area contributed by atoms with Crippen molar-refractivity contribution in [1.29, 1.82) is 0 Å². The standard InChI is InChI=1S/C24H32N2O2/c27-23(25-19-12-6-1-2-7-13-19)22-20-14-8-9-15-21(20)24(28)26(22)17-16-18-10-4-3-5-11-18/h8-10,14-15,19,22H,1-7,11-13,16-17H2,(H,25,27). The van der Waals surface area contributed by atoms with E-state index in [2.05, 4.69) is 11.4 Å². The van der Waals surface area contributed by atoms with Gasteiger partial charge in [0.15, 0.2) is 0 Å². The molecule has 4 nitrogen and oxygen atoms in total. The van der Waals surface area contributed by atoms with Crippen LogP contribution in [0.15, 0.2) is 35.9 Å². The molecule has 1 N–H and O–H groups in total. The van der Waals surface area contributed by atoms with Crippen LogP contribution < -0.4 is 5.32 Å². The number of carbonyl (C=O) groups is 2. The summed E-state index contributed by atoms with van der Waals surface area (Å²) >= 11 is 0. The molecule has 28 heavy (non-hydrogen) atoms. The molecule has 1 aromatic rings. The molecule has 1 saturated carbocycles. The van der Waals surface area contributed by atoms with Crippen LogP contribution in [0.1, 0.15) is 92.6 Å². The van der Waals surface area contributed by atoms with Gasteiger partial charge in [0.05, 0.1) is 0 Å². The molecule has 0 aromatic heterocycles. The quantitative estimate of drug-likeness (QED) is 0.583. The molecule has 2 aliphatic carbocycles. The first-order valence-electron chi connectivity index (χ1n) is 11.1. The van der Waals surface area contributed by atoms with Crippen LogP contribution in [0.5, 0.6) is 0 Å². The van der Waals surface area contributed by atoms with Gasteiger partial charge in [0, 0.05) is 18.2 Å². The van der Waals surface area contributed by atoms with Gasteiger partial charge in [0.1, 0.15) is 6.04 Å². The normalized spacial score (nSPS) is 23.1. The van der Waals surface area contributed by atoms with Gasteiger partial charge in [0.25, 0.3) is 5.91 Å². The van der Waals surface area contributed by atoms with Crippen molar-refractivity contribution in [2.24, 2.45) is 0 Å². The fourth-order valence-corrected chi connectivity index (χ4v) is 4.98. The Morgan fingerprint density at radius 3 is 2.57 bits per heavy atom. The molecule has 4 rings (SSSR count). The van der Waals surface area contributed by atoms with Crippen LogP contribution in [0.3, 0.4) is 0 Å². The largest absolute Gasteiger partial charge is 0.351 e. The van der Waals surface area contributed by atoms with Gasteiger partial charge >= 0.3 is 0 Å². The molecule has 1 heterocycles. The number of hydrogen-bond acceptors (Lipinski definition) is 2. The molecule has 0 bridgehead atoms. The molecule has 2 amide bonds. The average molecular weight is 381 g/mol. The molecule has 0 spiro atoms. The summed E-state index contributed by atoms with van der Waals surface area (Å²) in [4.78, 5) is 28.1. The van der Waals surface area contributed by atoms with Crippen LogP contribution >= 0.6 is 0 Å². The average Bonchev–Trinajstić information content (AvgIpc) is 2.87. The van der Waals surface area contributed by atoms with Crippen LogP contribution in [-0.4, -0.2) is 29.3 Å². The smallest absolute Gasteiger partial charge is 0.255 e. The lowest BCUT2D eigenvalue weighted by atomic mass is 9.97. The molecule has 1 aliphatic heterocycles. The first-order chi connectivity index (χ1) is 13.7. The third-order valence-electron chi connectivity index (χ3n) is 6.57. The molecular formula is C24H32N2O2. The van der Waals surface area contributed by atoms with E-state index < -0.39 is 6.04 Å². The number of amides is 2. The fraction of sp³-hybridized carbons (Fsp3) is 0.583. The Balaban J connectivity index is 1.51. The van der Waals surface area contributed by atoms with E-state index in [0.29, 0.717) is 12.1 Å². The lowest BCUT2D eigenvalue weighted by Gasteiger charge is -2.27. The summed E-state index contributed by atoms with van der Waals surface area (Å²) in [6, 6.07) is 7.42. The number of benzene rings is 1. The summed E-state index contributed by atoms with van der Waals surface area (Å²) in [6.07, 6.45) is 15.0. The molecule has 1 atom stereocenters. The predicted octanol–water partition coefficient (Wildman–Crippen LogP) is 4.91. The number of nitrogens with one attached hydrogen (secondary N) is 1. The topological polar surface area (TPSA) is 49.4 Å². The third-order valence-corrected chi connectivity index (χ3v) is 6.57. The van der Waals surface area contributed by atoms with Crippen molar-refractivity contribution < 1.29 is 9.59 Å². The summed E-state index contributed by atoms with van der Waals surface area (Å²) in [6.45, 7) is 0.627. The minimum absolute atomic E-state index is 0.00261. The molecule has 1 aromatic carbocycles. The second kappa shape index (κ2) is 8.93. The highest BCUT2D eigenvalue weighted by atomic mass is 16.2. The number of carbonyl (C=O) groups excluding carboxylic acids is 2. The Kier molecular flexibility index (Phi) is 6.13. The van der Waals surface area contributed by atoms with E-state index in [9.17, 15) is 9.59 Å². The lowest BCUT2D eigenvalue weighted by Crippen LogP contribution is -2.43. The molecule has 150 valence electrons. The van der Waals surface area contributed by atoms with E-state index in [4.69, 9.17) is 0 Å². The third kappa shape index (κ3) is 4.16. The van der Waals surface area contributed by atoms with Crippen molar-refractivity contribution >= 4 is 11.8 Å². The summed E-state index contributed by atoms with van der Waals surface area (Å²) in [7, 11) is 0. The number of allylic oxidation sites excluding steroid dienone is 1. The van der Waals surface area contributed by atoms with Crippen molar-refractivity contribution in [3.8, 4) is 0 Å². The molecule has 4 heteroatoms. The van der Waals surface area contributed by atoms with Crippen LogP contribution in [0.4, 0.5) is 0 Å². The van der Waals surface area contributed by atoms with E-state index >= 15 is 0 Å². The van der Waals surface area contributed by atoms with Gasteiger partial charge in [-0.3, -0.25) is 9.59 Å². The number of rotatable bonds is 5. The van der Waals surface area contributed by atoms with E-state index in [0.717, 1.165) is 37.7 Å². The van der Waals surface area contributed by atoms with Gasteiger partial charge in [-0.25, -0.2) is 0 Å². The zero-order chi connectivity index (χ0) is 19.3. The summed E-state index contributed by atoms with van der Waals surface area (Å²) in [5.74, 6) is 0.0100. The molecule has 1 unspecified atom stereocenters. The second-order valence-corrected chi connectivity index (χ2v) is 8.54. The van der Waals surface area contributed by atoms with Gasteiger partial charge < -0.3 is 10.2 Å². The van der Waals surface area contributed by atoms with Gasteiger partial charge in [0.2, 0.25) is 5.91 Å². The molecule has 0 radical (unpaired) electrons. The van der Waals surface area contributed by atoms with E-state index in [-0.39, 0.29) is 17.9 Å². The zero-order valence-corrected chi connectivity index (χ0v) is 16.8. The van der Waals surface area contributed by atoms with Crippen molar-refractivity contribution in [2.75, 3.05) is 6.54 Å². The summed E-state index contributed by atoms with van der Waals surface area (Å²) in [5, 5.41) is 3.28. The van der Waals surface area contributed by atoms with Crippen molar-refractivity contribution in [3.05, 3.63) is 47.0 Å². The van der Waals surface area contributed by atoms with Crippen LogP contribution in [0, 0.1) is 0 Å². The Morgan fingerprint density at radius 1 is 1.04 bits per heavy atom. The maximum absolute atomic E-state index is 13.3. The maximum atomic E-state index is 13.3. The molecule has 1 fully saturated rings. The predicted molar refractivity (Wildman–Crippen MR) is 111 cm³/mol. The SMILES string of the molecule is O=C(NC1CCCCCC1)C1c2ccccc2C(=O)N1CCC1=CCCCC1. The second-order valence-electron chi connectivity index (χ2n) is 8.54. The number of nitrogens with zero attached hydrogens (tertiary/aromatic N) is 1. The fourth-order valence-electron chi connectivity index (χ4n) is 4.98. The van der Waals surface area contributed by atoms with Gasteiger partial charge in [-0.2, -0.15) is 0 Å². The van der Waals surface area contributed by atoms with Crippen molar-refractivity contribution in [3.63, 3.8) is 0 Å². The first-order valence-corrected chi connectivity index (χ1v) is 11.1. The van der Waals surface area contributed by atoms with Crippen molar-refractivity contribution in [2.45, 2.75) is 82.7 Å². The highest BCUT2D eigenvalue weighted by Crippen LogP contribution is 2.35. The summed E-state index contributed by atoms with van der Waals surface area (Å²) < 4.78 is 0. The minimum atomic E-state index is -0.476. The Hall–Kier alpha value is -2.10. The summed E-state index contributed by atoms with van der Waals surface area (Å²) in [5.41, 5.74) is 3.01. The molecule has 3 aliphatic rings. The zero-order valence-electron chi connectivity index (χ0n) is 16.8. The van der Waals surface area contributed by atoms with Gasteiger partial charge in [-0.15, -0.1) is 0 Å². The Bertz CT molecular complexity index is 747. The highest BCUT2D eigenvalue weighted by molar-refractivity contribution is 6.04. The number of hydrogen-bond donors (Lipinski definition) is 1. The monoisotopic (exact) mass is 380 g/mol. The van der Waals surface area contributed by atoms with Crippen molar-refractivity contribution in [1.82, 2.24) is 10.2 Å². The van der Waals surface area contributed by atoms with Crippen LogP contribution in [0.25, 0.3) is 0 Å².